The molecule has 172 valence electrons. The van der Waals surface area contributed by atoms with Crippen LogP contribution in [0.1, 0.15) is 57.7 Å². The monoisotopic (exact) mass is 442 g/mol. The van der Waals surface area contributed by atoms with Gasteiger partial charge in [-0.05, 0) is 56.5 Å². The van der Waals surface area contributed by atoms with Crippen molar-refractivity contribution in [3.63, 3.8) is 0 Å². The predicted molar refractivity (Wildman–Crippen MR) is 138 cm³/mol. The van der Waals surface area contributed by atoms with Gasteiger partial charge in [-0.1, -0.05) is 68.0 Å². The molecule has 1 heterocycles. The van der Waals surface area contributed by atoms with Crippen LogP contribution < -0.4 is 10.1 Å². The Kier molecular flexibility index (Phi) is 8.71. The van der Waals surface area contributed by atoms with E-state index in [0.29, 0.717) is 12.1 Å². The van der Waals surface area contributed by atoms with Gasteiger partial charge in [0, 0.05) is 22.8 Å². The molecule has 0 saturated carbocycles. The van der Waals surface area contributed by atoms with E-state index in [2.05, 4.69) is 43.2 Å². The molecule has 1 atom stereocenters. The second-order valence-corrected chi connectivity index (χ2v) is 8.17. The van der Waals surface area contributed by atoms with Crippen LogP contribution in [0.15, 0.2) is 90.3 Å². The average molecular weight is 443 g/mol. The third-order valence-corrected chi connectivity index (χ3v) is 5.54. The summed E-state index contributed by atoms with van der Waals surface area (Å²) in [6, 6.07) is 15.6. The number of nitrogens with zero attached hydrogens (tertiary/aromatic N) is 1. The Balaban J connectivity index is 1.96. The van der Waals surface area contributed by atoms with E-state index in [4.69, 9.17) is 4.74 Å². The molecule has 4 heteroatoms. The number of phenolic OH excluding ortho intramolecular Hbond substituents is 1. The van der Waals surface area contributed by atoms with Crippen LogP contribution in [0, 0.1) is 0 Å². The van der Waals surface area contributed by atoms with E-state index in [9.17, 15) is 5.11 Å². The summed E-state index contributed by atoms with van der Waals surface area (Å²) in [5.41, 5.74) is 4.74. The fraction of sp³-hybridized carbons (Fsp3) is 0.276. The summed E-state index contributed by atoms with van der Waals surface area (Å²) >= 11 is 0. The molecule has 2 N–H and O–H groups in total. The molecule has 0 aliphatic heterocycles. The van der Waals surface area contributed by atoms with Crippen molar-refractivity contribution in [3.05, 3.63) is 101 Å². The summed E-state index contributed by atoms with van der Waals surface area (Å²) in [6.07, 6.45) is 12.0. The predicted octanol–water partition coefficient (Wildman–Crippen LogP) is 7.22. The highest BCUT2D eigenvalue weighted by Crippen LogP contribution is 2.35. The number of hydrogen-bond donors (Lipinski definition) is 2. The molecular weight excluding hydrogens is 408 g/mol. The second kappa shape index (κ2) is 11.9. The van der Waals surface area contributed by atoms with Gasteiger partial charge >= 0.3 is 0 Å². The van der Waals surface area contributed by atoms with E-state index < -0.39 is 0 Å². The van der Waals surface area contributed by atoms with Gasteiger partial charge in [-0.2, -0.15) is 0 Å². The van der Waals surface area contributed by atoms with Crippen LogP contribution in [0.25, 0.3) is 10.9 Å². The summed E-state index contributed by atoms with van der Waals surface area (Å²) in [4.78, 5) is 4.40. The molecule has 0 aliphatic rings. The van der Waals surface area contributed by atoms with Crippen LogP contribution in [0.4, 0.5) is 0 Å². The zero-order chi connectivity index (χ0) is 23.6. The zero-order valence-corrected chi connectivity index (χ0v) is 20.0. The Morgan fingerprint density at radius 1 is 1.03 bits per heavy atom. The van der Waals surface area contributed by atoms with Gasteiger partial charge in [0.2, 0.25) is 0 Å². The van der Waals surface area contributed by atoms with Crippen molar-refractivity contribution >= 4 is 10.9 Å². The fourth-order valence-electron chi connectivity index (χ4n) is 3.51. The Morgan fingerprint density at radius 2 is 1.79 bits per heavy atom. The lowest BCUT2D eigenvalue weighted by Crippen LogP contribution is -2.21. The lowest BCUT2D eigenvalue weighted by atomic mass is 9.96. The molecule has 1 aromatic heterocycles. The van der Waals surface area contributed by atoms with Crippen LogP contribution >= 0.6 is 0 Å². The molecular formula is C29H34N2O2. The molecule has 0 saturated heterocycles. The first-order valence-corrected chi connectivity index (χ1v) is 11.6. The smallest absolute Gasteiger partial charge is 0.147 e. The van der Waals surface area contributed by atoms with Gasteiger partial charge in [0.15, 0.2) is 0 Å². The van der Waals surface area contributed by atoms with E-state index in [0.717, 1.165) is 40.8 Å². The number of nitrogens with one attached hydrogen (secondary N) is 1. The van der Waals surface area contributed by atoms with Gasteiger partial charge in [0.25, 0.3) is 0 Å². The quantitative estimate of drug-likeness (QED) is 0.325. The highest BCUT2D eigenvalue weighted by molar-refractivity contribution is 5.85. The van der Waals surface area contributed by atoms with E-state index >= 15 is 0 Å². The summed E-state index contributed by atoms with van der Waals surface area (Å²) in [5.74, 6) is 1.04. The van der Waals surface area contributed by atoms with Crippen LogP contribution in [-0.2, 0) is 0 Å². The number of aromatic nitrogens is 1. The van der Waals surface area contributed by atoms with Gasteiger partial charge in [0.1, 0.15) is 17.0 Å². The molecule has 3 rings (SSSR count). The normalized spacial score (nSPS) is 13.5. The SMILES string of the molecule is CCCOc1ccc(C(N/C(C)=C/C=C\C=C(/C)CC)c2ccc3cccnc3c2O)cc1. The van der Waals surface area contributed by atoms with E-state index in [-0.39, 0.29) is 11.8 Å². The number of fused-ring (bicyclic) bond motifs is 1. The number of rotatable bonds is 10. The number of pyridine rings is 1. The summed E-state index contributed by atoms with van der Waals surface area (Å²) in [5, 5.41) is 15.6. The minimum atomic E-state index is -0.241. The largest absolute Gasteiger partial charge is 0.505 e. The highest BCUT2D eigenvalue weighted by atomic mass is 16.5. The number of phenols is 1. The molecule has 33 heavy (non-hydrogen) atoms. The highest BCUT2D eigenvalue weighted by Gasteiger charge is 2.20. The number of hydrogen-bond acceptors (Lipinski definition) is 4. The Morgan fingerprint density at radius 3 is 2.52 bits per heavy atom. The van der Waals surface area contributed by atoms with Crippen LogP contribution in [0.2, 0.25) is 0 Å². The second-order valence-electron chi connectivity index (χ2n) is 8.17. The van der Waals surface area contributed by atoms with E-state index in [1.165, 1.54) is 5.57 Å². The van der Waals surface area contributed by atoms with Gasteiger partial charge < -0.3 is 15.2 Å². The zero-order valence-electron chi connectivity index (χ0n) is 20.0. The molecule has 0 aliphatic carbocycles. The van der Waals surface area contributed by atoms with Crippen molar-refractivity contribution < 1.29 is 9.84 Å². The van der Waals surface area contributed by atoms with E-state index in [1.807, 2.05) is 67.6 Å². The Labute approximate surface area is 197 Å². The Hall–Kier alpha value is -3.53. The molecule has 0 fully saturated rings. The van der Waals surface area contributed by atoms with Gasteiger partial charge in [-0.25, -0.2) is 0 Å². The fourth-order valence-corrected chi connectivity index (χ4v) is 3.51. The first kappa shape index (κ1) is 24.1. The first-order chi connectivity index (χ1) is 16.0. The minimum absolute atomic E-state index is 0.196. The maximum absolute atomic E-state index is 11.1. The van der Waals surface area contributed by atoms with Crippen molar-refractivity contribution in [2.45, 2.75) is 46.6 Å². The van der Waals surface area contributed by atoms with Crippen LogP contribution in [-0.4, -0.2) is 16.7 Å². The average Bonchev–Trinajstić information content (AvgIpc) is 2.85. The molecule has 0 radical (unpaired) electrons. The van der Waals surface area contributed by atoms with Crippen molar-refractivity contribution in [2.24, 2.45) is 0 Å². The van der Waals surface area contributed by atoms with Gasteiger partial charge in [-0.15, -0.1) is 0 Å². The molecule has 2 aromatic carbocycles. The number of allylic oxidation sites excluding steroid dienone is 6. The Bertz CT molecular complexity index is 1140. The van der Waals surface area contributed by atoms with Crippen molar-refractivity contribution in [3.8, 4) is 11.5 Å². The van der Waals surface area contributed by atoms with Gasteiger partial charge in [0.05, 0.1) is 12.6 Å². The molecule has 0 spiro atoms. The third kappa shape index (κ3) is 6.48. The molecule has 1 unspecified atom stereocenters. The summed E-state index contributed by atoms with van der Waals surface area (Å²) < 4.78 is 5.75. The number of benzene rings is 2. The summed E-state index contributed by atoms with van der Waals surface area (Å²) in [7, 11) is 0. The van der Waals surface area contributed by atoms with Crippen LogP contribution in [0.3, 0.4) is 0 Å². The van der Waals surface area contributed by atoms with Crippen molar-refractivity contribution in [1.29, 1.82) is 0 Å². The lowest BCUT2D eigenvalue weighted by Gasteiger charge is -2.23. The minimum Gasteiger partial charge on any atom is -0.505 e. The van der Waals surface area contributed by atoms with Gasteiger partial charge in [-0.3, -0.25) is 4.98 Å². The van der Waals surface area contributed by atoms with Crippen molar-refractivity contribution in [1.82, 2.24) is 10.3 Å². The topological polar surface area (TPSA) is 54.4 Å². The third-order valence-electron chi connectivity index (χ3n) is 5.54. The summed E-state index contributed by atoms with van der Waals surface area (Å²) in [6.45, 7) is 9.09. The maximum Gasteiger partial charge on any atom is 0.147 e. The van der Waals surface area contributed by atoms with E-state index in [1.54, 1.807) is 6.20 Å². The number of aromatic hydroxyl groups is 1. The first-order valence-electron chi connectivity index (χ1n) is 11.6. The maximum atomic E-state index is 11.1. The molecule has 3 aromatic rings. The number of ether oxygens (including phenoxy) is 1. The molecule has 0 amide bonds. The standard InChI is InChI=1S/C29H34N2O2/c1-5-20-33-25-16-13-24(14-17-25)27(31-22(4)11-8-7-10-21(3)6-2)26-18-15-23-12-9-19-30-28(23)29(26)32/h7-19,27,31-32H,5-6,20H2,1-4H3/b8-7-,21-10+,22-11+. The van der Waals surface area contributed by atoms with Crippen LogP contribution in [0.5, 0.6) is 11.5 Å². The molecule has 0 bridgehead atoms. The van der Waals surface area contributed by atoms with Crippen molar-refractivity contribution in [2.75, 3.05) is 6.61 Å². The molecule has 4 nitrogen and oxygen atoms in total. The lowest BCUT2D eigenvalue weighted by molar-refractivity contribution is 0.317.